The van der Waals surface area contributed by atoms with Crippen molar-refractivity contribution in [1.29, 1.82) is 0 Å². The average molecular weight is 438 g/mol. The SMILES string of the molecule is CC(=O)Nc1ccc(S(=O)(=O)NCC2CCN(C(=O)c3snnc3C)CC2)cc1. The summed E-state index contributed by atoms with van der Waals surface area (Å²) in [6, 6.07) is 6.02. The molecule has 1 aromatic carbocycles. The van der Waals surface area contributed by atoms with Crippen molar-refractivity contribution in [3.05, 3.63) is 34.8 Å². The summed E-state index contributed by atoms with van der Waals surface area (Å²) >= 11 is 1.10. The van der Waals surface area contributed by atoms with Crippen molar-refractivity contribution < 1.29 is 18.0 Å². The second kappa shape index (κ2) is 8.97. The van der Waals surface area contributed by atoms with Crippen molar-refractivity contribution in [2.45, 2.75) is 31.6 Å². The molecule has 9 nitrogen and oxygen atoms in total. The standard InChI is InChI=1S/C18H23N5O4S2/c1-12-17(28-22-21-12)18(25)23-9-7-14(8-10-23)11-19-29(26,27)16-5-3-15(4-6-16)20-13(2)24/h3-6,14,19H,7-11H2,1-2H3,(H,20,24). The number of hydrogen-bond donors (Lipinski definition) is 2. The number of benzene rings is 1. The minimum Gasteiger partial charge on any atom is -0.338 e. The van der Waals surface area contributed by atoms with Crippen molar-refractivity contribution in [1.82, 2.24) is 19.2 Å². The van der Waals surface area contributed by atoms with Gasteiger partial charge in [-0.25, -0.2) is 13.1 Å². The van der Waals surface area contributed by atoms with Crippen LogP contribution in [0.3, 0.4) is 0 Å². The summed E-state index contributed by atoms with van der Waals surface area (Å²) in [7, 11) is -3.63. The maximum atomic E-state index is 12.5. The van der Waals surface area contributed by atoms with E-state index >= 15 is 0 Å². The Bertz CT molecular complexity index is 980. The van der Waals surface area contributed by atoms with Crippen LogP contribution in [0.4, 0.5) is 5.69 Å². The highest BCUT2D eigenvalue weighted by molar-refractivity contribution is 7.89. The summed E-state index contributed by atoms with van der Waals surface area (Å²) < 4.78 is 31.5. The number of piperidine rings is 1. The fourth-order valence-electron chi connectivity index (χ4n) is 3.14. The first-order valence-corrected chi connectivity index (χ1v) is 11.5. The summed E-state index contributed by atoms with van der Waals surface area (Å²) in [6.45, 7) is 4.63. The van der Waals surface area contributed by atoms with E-state index in [-0.39, 0.29) is 22.6 Å². The summed E-state index contributed by atoms with van der Waals surface area (Å²) in [5.74, 6) is -0.116. The summed E-state index contributed by atoms with van der Waals surface area (Å²) in [6.07, 6.45) is 1.45. The molecule has 0 radical (unpaired) electrons. The van der Waals surface area contributed by atoms with Crippen LogP contribution in [0.1, 0.15) is 35.1 Å². The lowest BCUT2D eigenvalue weighted by molar-refractivity contribution is -0.114. The number of likely N-dealkylation sites (tertiary alicyclic amines) is 1. The highest BCUT2D eigenvalue weighted by Gasteiger charge is 2.27. The van der Waals surface area contributed by atoms with Crippen LogP contribution in [0, 0.1) is 12.8 Å². The third-order valence-corrected chi connectivity index (χ3v) is 7.05. The Labute approximate surface area is 173 Å². The molecule has 2 heterocycles. The number of rotatable bonds is 6. The molecule has 2 N–H and O–H groups in total. The largest absolute Gasteiger partial charge is 0.338 e. The summed E-state index contributed by atoms with van der Waals surface area (Å²) in [5.41, 5.74) is 1.18. The van der Waals surface area contributed by atoms with Crippen LogP contribution in [0.25, 0.3) is 0 Å². The molecule has 0 atom stereocenters. The normalized spacial score (nSPS) is 15.3. The van der Waals surface area contributed by atoms with Gasteiger partial charge in [0.25, 0.3) is 5.91 Å². The molecule has 0 bridgehead atoms. The number of carbonyl (C=O) groups is 2. The number of anilines is 1. The van der Waals surface area contributed by atoms with Crippen LogP contribution in [0.5, 0.6) is 0 Å². The first kappa shape index (κ1) is 21.3. The number of sulfonamides is 1. The smallest absolute Gasteiger partial charge is 0.267 e. The Morgan fingerprint density at radius 3 is 2.41 bits per heavy atom. The molecule has 156 valence electrons. The molecule has 0 spiro atoms. The van der Waals surface area contributed by atoms with Crippen LogP contribution >= 0.6 is 11.5 Å². The maximum absolute atomic E-state index is 12.5. The number of nitrogens with one attached hydrogen (secondary N) is 2. The molecule has 0 saturated carbocycles. The molecule has 0 unspecified atom stereocenters. The van der Waals surface area contributed by atoms with Gasteiger partial charge in [-0.3, -0.25) is 9.59 Å². The van der Waals surface area contributed by atoms with Gasteiger partial charge in [0.15, 0.2) is 0 Å². The van der Waals surface area contributed by atoms with Gasteiger partial charge < -0.3 is 10.2 Å². The van der Waals surface area contributed by atoms with E-state index in [0.717, 1.165) is 24.4 Å². The average Bonchev–Trinajstić information content (AvgIpc) is 3.12. The van der Waals surface area contributed by atoms with E-state index in [4.69, 9.17) is 0 Å². The third kappa shape index (κ3) is 5.37. The summed E-state index contributed by atoms with van der Waals surface area (Å²) in [5, 5.41) is 6.48. The Kier molecular flexibility index (Phi) is 6.60. The number of carbonyl (C=O) groups excluding carboxylic acids is 2. The van der Waals surface area contributed by atoms with E-state index in [1.54, 1.807) is 24.0 Å². The van der Waals surface area contributed by atoms with Crippen LogP contribution < -0.4 is 10.0 Å². The van der Waals surface area contributed by atoms with Crippen molar-refractivity contribution in [2.75, 3.05) is 25.0 Å². The van der Waals surface area contributed by atoms with Crippen LogP contribution in [0.15, 0.2) is 29.2 Å². The Morgan fingerprint density at radius 2 is 1.86 bits per heavy atom. The number of hydrogen-bond acceptors (Lipinski definition) is 7. The predicted octanol–water partition coefficient (Wildman–Crippen LogP) is 1.64. The second-order valence-electron chi connectivity index (χ2n) is 6.98. The minimum atomic E-state index is -3.63. The van der Waals surface area contributed by atoms with Gasteiger partial charge in [-0.05, 0) is 61.5 Å². The van der Waals surface area contributed by atoms with E-state index < -0.39 is 10.0 Å². The third-order valence-electron chi connectivity index (χ3n) is 4.79. The number of aryl methyl sites for hydroxylation is 1. The fraction of sp³-hybridized carbons (Fsp3) is 0.444. The zero-order valence-corrected chi connectivity index (χ0v) is 17.8. The van der Waals surface area contributed by atoms with E-state index in [1.807, 2.05) is 0 Å². The number of nitrogens with zero attached hydrogens (tertiary/aromatic N) is 3. The van der Waals surface area contributed by atoms with Crippen LogP contribution in [-0.2, 0) is 14.8 Å². The zero-order chi connectivity index (χ0) is 21.0. The van der Waals surface area contributed by atoms with Crippen molar-refractivity contribution >= 4 is 39.1 Å². The molecule has 29 heavy (non-hydrogen) atoms. The van der Waals surface area contributed by atoms with Gasteiger partial charge in [-0.15, -0.1) is 5.10 Å². The van der Waals surface area contributed by atoms with Crippen molar-refractivity contribution in [3.8, 4) is 0 Å². The monoisotopic (exact) mass is 437 g/mol. The van der Waals surface area contributed by atoms with Gasteiger partial charge in [-0.2, -0.15) is 0 Å². The van der Waals surface area contributed by atoms with Crippen LogP contribution in [-0.4, -0.2) is 54.4 Å². The van der Waals surface area contributed by atoms with Gasteiger partial charge in [0.2, 0.25) is 15.9 Å². The Balaban J connectivity index is 1.51. The van der Waals surface area contributed by atoms with E-state index in [9.17, 15) is 18.0 Å². The van der Waals surface area contributed by atoms with E-state index in [0.29, 0.717) is 35.9 Å². The molecule has 1 aliphatic rings. The lowest BCUT2D eigenvalue weighted by Crippen LogP contribution is -2.41. The molecule has 2 amide bonds. The molecular formula is C18H23N5O4S2. The number of amides is 2. The van der Waals surface area contributed by atoms with E-state index in [1.165, 1.54) is 19.1 Å². The van der Waals surface area contributed by atoms with Crippen LogP contribution in [0.2, 0.25) is 0 Å². The Hall–Kier alpha value is -2.37. The zero-order valence-electron chi connectivity index (χ0n) is 16.2. The lowest BCUT2D eigenvalue weighted by atomic mass is 9.97. The first-order chi connectivity index (χ1) is 13.8. The molecule has 1 fully saturated rings. The van der Waals surface area contributed by atoms with Crippen molar-refractivity contribution in [3.63, 3.8) is 0 Å². The molecule has 3 rings (SSSR count). The van der Waals surface area contributed by atoms with E-state index in [2.05, 4.69) is 19.6 Å². The first-order valence-electron chi connectivity index (χ1n) is 9.22. The summed E-state index contributed by atoms with van der Waals surface area (Å²) in [4.78, 5) is 26.0. The quantitative estimate of drug-likeness (QED) is 0.709. The van der Waals surface area contributed by atoms with Gasteiger partial charge in [0, 0.05) is 32.2 Å². The molecule has 0 aliphatic carbocycles. The van der Waals surface area contributed by atoms with Gasteiger partial charge in [0.1, 0.15) is 4.88 Å². The minimum absolute atomic E-state index is 0.0595. The molecule has 11 heteroatoms. The number of aromatic nitrogens is 2. The second-order valence-corrected chi connectivity index (χ2v) is 9.50. The van der Waals surface area contributed by atoms with Gasteiger partial charge >= 0.3 is 0 Å². The molecule has 1 saturated heterocycles. The highest BCUT2D eigenvalue weighted by Crippen LogP contribution is 2.21. The molecule has 1 aromatic heterocycles. The van der Waals surface area contributed by atoms with Gasteiger partial charge in [0.05, 0.1) is 10.6 Å². The fourth-order valence-corrected chi connectivity index (χ4v) is 4.88. The molecule has 2 aromatic rings. The van der Waals surface area contributed by atoms with Crippen molar-refractivity contribution in [2.24, 2.45) is 5.92 Å². The molecular weight excluding hydrogens is 414 g/mol. The maximum Gasteiger partial charge on any atom is 0.267 e. The van der Waals surface area contributed by atoms with Gasteiger partial charge in [-0.1, -0.05) is 4.49 Å². The Morgan fingerprint density at radius 1 is 1.21 bits per heavy atom. The lowest BCUT2D eigenvalue weighted by Gasteiger charge is -2.31. The molecule has 1 aliphatic heterocycles. The predicted molar refractivity (Wildman–Crippen MR) is 109 cm³/mol. The highest BCUT2D eigenvalue weighted by atomic mass is 32.2. The topological polar surface area (TPSA) is 121 Å².